The van der Waals surface area contributed by atoms with Gasteiger partial charge in [0, 0.05) is 27.0 Å². The summed E-state index contributed by atoms with van der Waals surface area (Å²) in [4.78, 5) is 1.35. The number of rotatable bonds is 5. The van der Waals surface area contributed by atoms with Gasteiger partial charge in [0.1, 0.15) is 5.82 Å². The second-order valence-corrected chi connectivity index (χ2v) is 6.69. The fourth-order valence-electron chi connectivity index (χ4n) is 2.15. The molecule has 0 aliphatic heterocycles. The molecule has 2 aromatic rings. The Balaban J connectivity index is 2.00. The molecule has 4 heteroatoms. The molecule has 0 bridgehead atoms. The molecule has 1 nitrogen and oxygen atoms in total. The highest BCUT2D eigenvalue weighted by molar-refractivity contribution is 9.10. The minimum atomic E-state index is -0.161. The zero-order valence-corrected chi connectivity index (χ0v) is 13.4. The van der Waals surface area contributed by atoms with Gasteiger partial charge in [-0.2, -0.15) is 0 Å². The first-order valence-corrected chi connectivity index (χ1v) is 7.97. The summed E-state index contributed by atoms with van der Waals surface area (Å²) < 4.78 is 14.7. The van der Waals surface area contributed by atoms with Crippen molar-refractivity contribution in [1.29, 1.82) is 0 Å². The van der Waals surface area contributed by atoms with Crippen molar-refractivity contribution in [1.82, 2.24) is 5.32 Å². The van der Waals surface area contributed by atoms with Crippen LogP contribution in [0.3, 0.4) is 0 Å². The largest absolute Gasteiger partial charge is 0.307 e. The molecule has 1 heterocycles. The summed E-state index contributed by atoms with van der Waals surface area (Å²) in [6, 6.07) is 9.56. The monoisotopic (exact) mass is 341 g/mol. The average molecular weight is 342 g/mol. The average Bonchev–Trinajstić information content (AvgIpc) is 2.84. The lowest BCUT2D eigenvalue weighted by Gasteiger charge is -2.20. The second-order valence-electron chi connectivity index (χ2n) is 4.74. The third kappa shape index (κ3) is 4.13. The summed E-state index contributed by atoms with van der Waals surface area (Å²) in [5.74, 6) is -0.161. The van der Waals surface area contributed by atoms with Gasteiger partial charge in [0.25, 0.3) is 0 Å². The Labute approximate surface area is 126 Å². The van der Waals surface area contributed by atoms with Crippen LogP contribution in [0.25, 0.3) is 0 Å². The van der Waals surface area contributed by atoms with Crippen molar-refractivity contribution < 1.29 is 4.39 Å². The van der Waals surface area contributed by atoms with Crippen molar-refractivity contribution >= 4 is 27.3 Å². The molecule has 0 radical (unpaired) electrons. The van der Waals surface area contributed by atoms with E-state index in [-0.39, 0.29) is 11.9 Å². The van der Waals surface area contributed by atoms with E-state index in [1.165, 1.54) is 10.9 Å². The Kier molecular flexibility index (Phi) is 5.13. The number of thiophene rings is 1. The maximum absolute atomic E-state index is 13.8. The first kappa shape index (κ1) is 14.7. The number of hydrogen-bond donors (Lipinski definition) is 1. The molecule has 2 atom stereocenters. The van der Waals surface area contributed by atoms with Crippen LogP contribution in [-0.4, -0.2) is 6.04 Å². The van der Waals surface area contributed by atoms with E-state index in [1.807, 2.05) is 13.0 Å². The van der Waals surface area contributed by atoms with Crippen LogP contribution in [0.5, 0.6) is 0 Å². The topological polar surface area (TPSA) is 12.0 Å². The molecular formula is C15H17BrFNS. The van der Waals surface area contributed by atoms with Crippen LogP contribution in [0.15, 0.2) is 40.2 Å². The van der Waals surface area contributed by atoms with E-state index >= 15 is 0 Å². The van der Waals surface area contributed by atoms with Gasteiger partial charge < -0.3 is 5.32 Å². The van der Waals surface area contributed by atoms with Crippen molar-refractivity contribution in [2.75, 3.05) is 0 Å². The smallest absolute Gasteiger partial charge is 0.128 e. The molecule has 0 spiro atoms. The maximum Gasteiger partial charge on any atom is 0.128 e. The molecule has 1 aromatic carbocycles. The van der Waals surface area contributed by atoms with Crippen molar-refractivity contribution in [3.05, 3.63) is 56.4 Å². The van der Waals surface area contributed by atoms with Crippen molar-refractivity contribution in [2.24, 2.45) is 0 Å². The van der Waals surface area contributed by atoms with Crippen molar-refractivity contribution in [3.63, 3.8) is 0 Å². The lowest BCUT2D eigenvalue weighted by atomic mass is 10.1. The van der Waals surface area contributed by atoms with Crippen molar-refractivity contribution in [3.8, 4) is 0 Å². The molecule has 2 unspecified atom stereocenters. The Bertz CT molecular complexity index is 527. The molecule has 1 N–H and O–H groups in total. The molecule has 0 saturated heterocycles. The minimum Gasteiger partial charge on any atom is -0.307 e. The summed E-state index contributed by atoms with van der Waals surface area (Å²) in [7, 11) is 0. The quantitative estimate of drug-likeness (QED) is 0.812. The normalized spacial score (nSPS) is 14.3. The minimum absolute atomic E-state index is 0.00698. The molecule has 0 fully saturated rings. The van der Waals surface area contributed by atoms with Gasteiger partial charge in [-0.3, -0.25) is 0 Å². The predicted octanol–water partition coefficient (Wildman–Crippen LogP) is 4.93. The van der Waals surface area contributed by atoms with Gasteiger partial charge in [-0.05, 0) is 49.9 Å². The maximum atomic E-state index is 13.8. The molecule has 0 amide bonds. The number of nitrogens with one attached hydrogen (secondary N) is 1. The number of halogens is 2. The Morgan fingerprint density at radius 1 is 1.32 bits per heavy atom. The summed E-state index contributed by atoms with van der Waals surface area (Å²) in [6.07, 6.45) is 0.970. The third-order valence-electron chi connectivity index (χ3n) is 3.05. The van der Waals surface area contributed by atoms with E-state index in [1.54, 1.807) is 17.4 Å². The molecule has 2 rings (SSSR count). The Morgan fingerprint density at radius 2 is 2.11 bits per heavy atom. The first-order valence-electron chi connectivity index (χ1n) is 6.29. The highest BCUT2D eigenvalue weighted by Crippen LogP contribution is 2.22. The standard InChI is InChI=1S/C15H17BrFNS/c1-10(8-13-4-3-7-19-13)18-11(2)14-9-12(16)5-6-15(14)17/h3-7,9-11,18H,8H2,1-2H3. The number of hydrogen-bond acceptors (Lipinski definition) is 2. The van der Waals surface area contributed by atoms with Crippen LogP contribution >= 0.6 is 27.3 Å². The van der Waals surface area contributed by atoms with Crippen LogP contribution in [-0.2, 0) is 6.42 Å². The summed E-state index contributed by atoms with van der Waals surface area (Å²) in [6.45, 7) is 4.13. The van der Waals surface area contributed by atoms with Gasteiger partial charge in [-0.1, -0.05) is 22.0 Å². The van der Waals surface area contributed by atoms with E-state index in [0.717, 1.165) is 10.9 Å². The van der Waals surface area contributed by atoms with Crippen LogP contribution in [0, 0.1) is 5.82 Å². The predicted molar refractivity (Wildman–Crippen MR) is 83.1 cm³/mol. The molecular weight excluding hydrogens is 325 g/mol. The molecule has 0 aliphatic rings. The van der Waals surface area contributed by atoms with E-state index in [2.05, 4.69) is 45.7 Å². The fourth-order valence-corrected chi connectivity index (χ4v) is 3.37. The first-order chi connectivity index (χ1) is 9.06. The SMILES string of the molecule is CC(Cc1cccs1)NC(C)c1cc(Br)ccc1F. The molecule has 19 heavy (non-hydrogen) atoms. The van der Waals surface area contributed by atoms with E-state index in [9.17, 15) is 4.39 Å². The Hall–Kier alpha value is -0.710. The second kappa shape index (κ2) is 6.64. The van der Waals surface area contributed by atoms with Gasteiger partial charge in [-0.25, -0.2) is 4.39 Å². The van der Waals surface area contributed by atoms with Crippen LogP contribution in [0.4, 0.5) is 4.39 Å². The van der Waals surface area contributed by atoms with Crippen LogP contribution in [0.1, 0.15) is 30.3 Å². The van der Waals surface area contributed by atoms with Gasteiger partial charge in [0.05, 0.1) is 0 Å². The zero-order chi connectivity index (χ0) is 13.8. The molecule has 0 saturated carbocycles. The van der Waals surface area contributed by atoms with Crippen molar-refractivity contribution in [2.45, 2.75) is 32.4 Å². The van der Waals surface area contributed by atoms with E-state index < -0.39 is 0 Å². The molecule has 102 valence electrons. The summed E-state index contributed by atoms with van der Waals surface area (Å²) >= 11 is 5.14. The molecule has 0 aliphatic carbocycles. The van der Waals surface area contributed by atoms with Gasteiger partial charge in [-0.15, -0.1) is 11.3 Å². The van der Waals surface area contributed by atoms with E-state index in [0.29, 0.717) is 11.6 Å². The van der Waals surface area contributed by atoms with Gasteiger partial charge in [0.15, 0.2) is 0 Å². The lowest BCUT2D eigenvalue weighted by molar-refractivity contribution is 0.462. The fraction of sp³-hybridized carbons (Fsp3) is 0.333. The highest BCUT2D eigenvalue weighted by Gasteiger charge is 2.14. The third-order valence-corrected chi connectivity index (χ3v) is 4.44. The van der Waals surface area contributed by atoms with Gasteiger partial charge >= 0.3 is 0 Å². The van der Waals surface area contributed by atoms with E-state index in [4.69, 9.17) is 0 Å². The summed E-state index contributed by atoms with van der Waals surface area (Å²) in [5, 5.41) is 5.53. The Morgan fingerprint density at radius 3 is 2.79 bits per heavy atom. The molecule has 1 aromatic heterocycles. The zero-order valence-electron chi connectivity index (χ0n) is 11.0. The van der Waals surface area contributed by atoms with Crippen LogP contribution < -0.4 is 5.32 Å². The lowest BCUT2D eigenvalue weighted by Crippen LogP contribution is -2.31. The summed E-state index contributed by atoms with van der Waals surface area (Å²) in [5.41, 5.74) is 0.701. The van der Waals surface area contributed by atoms with Crippen LogP contribution in [0.2, 0.25) is 0 Å². The highest BCUT2D eigenvalue weighted by atomic mass is 79.9. The van der Waals surface area contributed by atoms with Gasteiger partial charge in [0.2, 0.25) is 0 Å². The number of benzene rings is 1.